The van der Waals surface area contributed by atoms with E-state index < -0.39 is 29.6 Å². The number of carboxylic acid groups (broad SMARTS) is 1. The second-order valence-electron chi connectivity index (χ2n) is 5.17. The van der Waals surface area contributed by atoms with Crippen LogP contribution in [0.1, 0.15) is 41.8 Å². The fourth-order valence-electron chi connectivity index (χ4n) is 2.64. The van der Waals surface area contributed by atoms with Crippen molar-refractivity contribution in [3.05, 3.63) is 23.7 Å². The number of hydrogen-bond acceptors (Lipinski definition) is 4. The predicted octanol–water partition coefficient (Wildman–Crippen LogP) is 1.24. The zero-order chi connectivity index (χ0) is 15.4. The first-order valence-corrected chi connectivity index (χ1v) is 6.87. The molecule has 7 heteroatoms. The lowest BCUT2D eigenvalue weighted by Gasteiger charge is -2.27. The zero-order valence-electron chi connectivity index (χ0n) is 11.7. The minimum absolute atomic E-state index is 0.328. The quantitative estimate of drug-likeness (QED) is 0.727. The number of carbonyl (C=O) groups excluding carboxylic acids is 2. The molecule has 21 heavy (non-hydrogen) atoms. The molecule has 2 rings (SSSR count). The van der Waals surface area contributed by atoms with E-state index >= 15 is 0 Å². The summed E-state index contributed by atoms with van der Waals surface area (Å²) < 4.78 is 5.01. The minimum Gasteiger partial charge on any atom is -0.481 e. The van der Waals surface area contributed by atoms with Crippen LogP contribution in [0.3, 0.4) is 0 Å². The van der Waals surface area contributed by atoms with Crippen molar-refractivity contribution in [2.24, 2.45) is 11.8 Å². The number of rotatable bonds is 3. The number of aliphatic carboxylic acids is 1. The Labute approximate surface area is 121 Å². The maximum Gasteiger partial charge on any atom is 0.307 e. The highest BCUT2D eigenvalue weighted by atomic mass is 16.4. The van der Waals surface area contributed by atoms with E-state index in [4.69, 9.17) is 9.52 Å². The van der Waals surface area contributed by atoms with Crippen LogP contribution in [0.25, 0.3) is 0 Å². The molecule has 0 spiro atoms. The molecule has 1 saturated carbocycles. The molecule has 0 radical (unpaired) electrons. The Bertz CT molecular complexity index is 551. The minimum atomic E-state index is -0.966. The van der Waals surface area contributed by atoms with E-state index in [1.807, 2.05) is 0 Å². The summed E-state index contributed by atoms with van der Waals surface area (Å²) in [5, 5.41) is 9.14. The number of carbonyl (C=O) groups is 3. The lowest BCUT2D eigenvalue weighted by atomic mass is 9.79. The van der Waals surface area contributed by atoms with Crippen LogP contribution in [-0.2, 0) is 9.59 Å². The van der Waals surface area contributed by atoms with Gasteiger partial charge in [-0.2, -0.15) is 0 Å². The van der Waals surface area contributed by atoms with Gasteiger partial charge in [-0.15, -0.1) is 0 Å². The third kappa shape index (κ3) is 3.42. The highest BCUT2D eigenvalue weighted by Crippen LogP contribution is 2.30. The number of aryl methyl sites for hydroxylation is 1. The fraction of sp³-hybridized carbons (Fsp3) is 0.500. The van der Waals surface area contributed by atoms with Crippen molar-refractivity contribution >= 4 is 17.8 Å². The van der Waals surface area contributed by atoms with Crippen LogP contribution in [0.5, 0.6) is 0 Å². The molecule has 0 saturated heterocycles. The molecular weight excluding hydrogens is 276 g/mol. The molecule has 1 aromatic heterocycles. The molecule has 7 nitrogen and oxygen atoms in total. The smallest absolute Gasteiger partial charge is 0.307 e. The molecule has 0 bridgehead atoms. The van der Waals surface area contributed by atoms with E-state index in [1.54, 1.807) is 6.92 Å². The fourth-order valence-corrected chi connectivity index (χ4v) is 2.64. The SMILES string of the molecule is Cc1occc1C(=O)NNC(=O)C1CCCCC1C(=O)O. The van der Waals surface area contributed by atoms with Gasteiger partial charge in [-0.05, 0) is 25.8 Å². The molecule has 0 aliphatic heterocycles. The Morgan fingerprint density at radius 1 is 1.19 bits per heavy atom. The van der Waals surface area contributed by atoms with E-state index in [1.165, 1.54) is 12.3 Å². The molecule has 1 aliphatic carbocycles. The largest absolute Gasteiger partial charge is 0.481 e. The van der Waals surface area contributed by atoms with Crippen LogP contribution >= 0.6 is 0 Å². The third-order valence-corrected chi connectivity index (χ3v) is 3.82. The van der Waals surface area contributed by atoms with E-state index in [2.05, 4.69) is 10.9 Å². The van der Waals surface area contributed by atoms with Gasteiger partial charge in [-0.25, -0.2) is 0 Å². The normalized spacial score (nSPS) is 21.6. The Kier molecular flexibility index (Phi) is 4.62. The average molecular weight is 294 g/mol. The van der Waals surface area contributed by atoms with Crippen molar-refractivity contribution in [1.82, 2.24) is 10.9 Å². The molecule has 1 fully saturated rings. The first-order valence-electron chi connectivity index (χ1n) is 6.87. The molecule has 0 aromatic carbocycles. The molecular formula is C14H18N2O5. The van der Waals surface area contributed by atoms with Crippen LogP contribution < -0.4 is 10.9 Å². The van der Waals surface area contributed by atoms with Crippen molar-refractivity contribution in [1.29, 1.82) is 0 Å². The number of hydrazine groups is 1. The van der Waals surface area contributed by atoms with Gasteiger partial charge < -0.3 is 9.52 Å². The van der Waals surface area contributed by atoms with Crippen LogP contribution in [0.2, 0.25) is 0 Å². The number of carboxylic acids is 1. The molecule has 1 aliphatic rings. The Morgan fingerprint density at radius 3 is 2.43 bits per heavy atom. The topological polar surface area (TPSA) is 109 Å². The van der Waals surface area contributed by atoms with Crippen molar-refractivity contribution < 1.29 is 23.9 Å². The molecule has 3 N–H and O–H groups in total. The van der Waals surface area contributed by atoms with Crippen molar-refractivity contribution in [2.45, 2.75) is 32.6 Å². The van der Waals surface area contributed by atoms with Gasteiger partial charge in [0.2, 0.25) is 5.91 Å². The van der Waals surface area contributed by atoms with Gasteiger partial charge in [0.05, 0.1) is 23.7 Å². The standard InChI is InChI=1S/C14H18N2O5/c1-8-9(6-7-21-8)12(17)15-16-13(18)10-4-2-3-5-11(10)14(19)20/h6-7,10-11H,2-5H2,1H3,(H,15,17)(H,16,18)(H,19,20). The maximum atomic E-state index is 12.1. The summed E-state index contributed by atoms with van der Waals surface area (Å²) in [4.78, 5) is 35.0. The monoisotopic (exact) mass is 294 g/mol. The molecule has 114 valence electrons. The van der Waals surface area contributed by atoms with Crippen molar-refractivity contribution in [3.8, 4) is 0 Å². The lowest BCUT2D eigenvalue weighted by Crippen LogP contribution is -2.47. The molecule has 2 atom stereocenters. The zero-order valence-corrected chi connectivity index (χ0v) is 11.7. The number of amides is 2. The summed E-state index contributed by atoms with van der Waals surface area (Å²) in [6.45, 7) is 1.64. The summed E-state index contributed by atoms with van der Waals surface area (Å²) in [6, 6.07) is 1.50. The van der Waals surface area contributed by atoms with Crippen LogP contribution in [0.15, 0.2) is 16.7 Å². The summed E-state index contributed by atoms with van der Waals surface area (Å²) >= 11 is 0. The highest BCUT2D eigenvalue weighted by Gasteiger charge is 2.35. The van der Waals surface area contributed by atoms with E-state index in [0.29, 0.717) is 24.2 Å². The Hall–Kier alpha value is -2.31. The molecule has 1 aromatic rings. The van der Waals surface area contributed by atoms with Crippen molar-refractivity contribution in [3.63, 3.8) is 0 Å². The van der Waals surface area contributed by atoms with E-state index in [0.717, 1.165) is 12.8 Å². The van der Waals surface area contributed by atoms with Gasteiger partial charge in [0, 0.05) is 0 Å². The van der Waals surface area contributed by atoms with Gasteiger partial charge in [-0.1, -0.05) is 12.8 Å². The second-order valence-corrected chi connectivity index (χ2v) is 5.17. The summed E-state index contributed by atoms with van der Waals surface area (Å²) in [5.41, 5.74) is 4.93. The van der Waals surface area contributed by atoms with Gasteiger partial charge in [0.25, 0.3) is 5.91 Å². The number of hydrogen-bond donors (Lipinski definition) is 3. The first kappa shape index (κ1) is 15.1. The summed E-state index contributed by atoms with van der Waals surface area (Å²) in [6.07, 6.45) is 4.01. The highest BCUT2D eigenvalue weighted by molar-refractivity contribution is 5.96. The second kappa shape index (κ2) is 6.43. The van der Waals surface area contributed by atoms with E-state index in [-0.39, 0.29) is 0 Å². The van der Waals surface area contributed by atoms with Gasteiger partial charge in [-0.3, -0.25) is 25.2 Å². The molecule has 1 heterocycles. The average Bonchev–Trinajstić information content (AvgIpc) is 2.90. The van der Waals surface area contributed by atoms with Crippen LogP contribution in [0, 0.1) is 18.8 Å². The predicted molar refractivity (Wildman–Crippen MR) is 72.1 cm³/mol. The van der Waals surface area contributed by atoms with Gasteiger partial charge in [0.1, 0.15) is 5.76 Å². The van der Waals surface area contributed by atoms with E-state index in [9.17, 15) is 14.4 Å². The van der Waals surface area contributed by atoms with Gasteiger partial charge >= 0.3 is 5.97 Å². The number of furan rings is 1. The maximum absolute atomic E-state index is 12.1. The third-order valence-electron chi connectivity index (χ3n) is 3.82. The molecule has 2 unspecified atom stereocenters. The summed E-state index contributed by atoms with van der Waals surface area (Å²) in [7, 11) is 0. The lowest BCUT2D eigenvalue weighted by molar-refractivity contribution is -0.149. The number of nitrogens with one attached hydrogen (secondary N) is 2. The summed E-state index contributed by atoms with van der Waals surface area (Å²) in [5.74, 6) is -2.77. The Balaban J connectivity index is 1.93. The molecule has 2 amide bonds. The van der Waals surface area contributed by atoms with Crippen LogP contribution in [-0.4, -0.2) is 22.9 Å². The van der Waals surface area contributed by atoms with Crippen LogP contribution in [0.4, 0.5) is 0 Å². The first-order chi connectivity index (χ1) is 10.0. The van der Waals surface area contributed by atoms with Crippen molar-refractivity contribution in [2.75, 3.05) is 0 Å². The van der Waals surface area contributed by atoms with Gasteiger partial charge in [0.15, 0.2) is 0 Å². The Morgan fingerprint density at radius 2 is 1.86 bits per heavy atom.